The van der Waals surface area contributed by atoms with Crippen LogP contribution < -0.4 is 5.73 Å². The van der Waals surface area contributed by atoms with Crippen molar-refractivity contribution in [1.82, 2.24) is 0 Å². The Labute approximate surface area is 84.9 Å². The van der Waals surface area contributed by atoms with Crippen molar-refractivity contribution in [2.75, 3.05) is 12.0 Å². The summed E-state index contributed by atoms with van der Waals surface area (Å²) in [4.78, 5) is 0. The summed E-state index contributed by atoms with van der Waals surface area (Å²) < 4.78 is 21.8. The molecule has 0 unspecified atom stereocenters. The van der Waals surface area contributed by atoms with Crippen molar-refractivity contribution in [3.63, 3.8) is 0 Å². The summed E-state index contributed by atoms with van der Waals surface area (Å²) in [5, 5.41) is 0. The molecule has 4 heteroatoms. The highest BCUT2D eigenvalue weighted by atomic mass is 32.2. The quantitative estimate of drug-likeness (QED) is 0.802. The zero-order chi connectivity index (χ0) is 10.6. The fourth-order valence-electron chi connectivity index (χ4n) is 1.15. The molecule has 78 valence electrons. The monoisotopic (exact) mass is 213 g/mol. The number of sulfone groups is 1. The Morgan fingerprint density at radius 1 is 1.14 bits per heavy atom. The summed E-state index contributed by atoms with van der Waals surface area (Å²) in [5.74, 6) is 0.203. The van der Waals surface area contributed by atoms with Gasteiger partial charge in [0.05, 0.1) is 5.75 Å². The smallest absolute Gasteiger partial charge is 0.147 e. The van der Waals surface area contributed by atoms with Gasteiger partial charge >= 0.3 is 0 Å². The van der Waals surface area contributed by atoms with E-state index in [9.17, 15) is 8.42 Å². The summed E-state index contributed by atoms with van der Waals surface area (Å²) in [6, 6.07) is 7.70. The van der Waals surface area contributed by atoms with E-state index in [-0.39, 0.29) is 5.75 Å². The van der Waals surface area contributed by atoms with E-state index in [1.807, 2.05) is 24.3 Å². The first-order valence-corrected chi connectivity index (χ1v) is 6.53. The van der Waals surface area contributed by atoms with Gasteiger partial charge in [0, 0.05) is 12.8 Å². The van der Waals surface area contributed by atoms with Gasteiger partial charge in [0.2, 0.25) is 0 Å². The number of hydrogen-bond donors (Lipinski definition) is 1. The Morgan fingerprint density at radius 2 is 1.64 bits per heavy atom. The zero-order valence-electron chi connectivity index (χ0n) is 8.23. The first-order chi connectivity index (χ1) is 6.51. The lowest BCUT2D eigenvalue weighted by Crippen LogP contribution is -2.06. The minimum Gasteiger partial charge on any atom is -0.326 e. The van der Waals surface area contributed by atoms with Crippen molar-refractivity contribution in [1.29, 1.82) is 0 Å². The van der Waals surface area contributed by atoms with Crippen LogP contribution in [-0.4, -0.2) is 20.4 Å². The van der Waals surface area contributed by atoms with Gasteiger partial charge in [0.15, 0.2) is 0 Å². The molecule has 0 aliphatic rings. The number of rotatable bonds is 4. The lowest BCUT2D eigenvalue weighted by Gasteiger charge is -2.01. The van der Waals surface area contributed by atoms with E-state index in [1.54, 1.807) is 0 Å². The van der Waals surface area contributed by atoms with Crippen LogP contribution >= 0.6 is 0 Å². The third-order valence-corrected chi connectivity index (χ3v) is 2.97. The zero-order valence-corrected chi connectivity index (χ0v) is 9.05. The predicted octanol–water partition coefficient (Wildman–Crippen LogP) is 0.732. The predicted molar refractivity (Wildman–Crippen MR) is 57.7 cm³/mol. The minimum atomic E-state index is -2.86. The van der Waals surface area contributed by atoms with Crippen LogP contribution in [0.2, 0.25) is 0 Å². The molecular formula is C10H15NO2S. The Balaban J connectivity index is 2.61. The van der Waals surface area contributed by atoms with E-state index in [1.165, 1.54) is 6.26 Å². The Bertz CT molecular complexity index is 381. The van der Waals surface area contributed by atoms with Crippen LogP contribution in [0.4, 0.5) is 0 Å². The van der Waals surface area contributed by atoms with Crippen molar-refractivity contribution in [2.45, 2.75) is 13.0 Å². The molecule has 0 amide bonds. The normalized spacial score (nSPS) is 11.6. The summed E-state index contributed by atoms with van der Waals surface area (Å²) in [5.41, 5.74) is 7.55. The fourth-order valence-corrected chi connectivity index (χ4v) is 1.75. The van der Waals surface area contributed by atoms with Crippen LogP contribution in [0.25, 0.3) is 0 Å². The van der Waals surface area contributed by atoms with E-state index < -0.39 is 9.84 Å². The average molecular weight is 213 g/mol. The number of benzene rings is 1. The van der Waals surface area contributed by atoms with Crippen molar-refractivity contribution in [2.24, 2.45) is 5.73 Å². The highest BCUT2D eigenvalue weighted by molar-refractivity contribution is 7.90. The Kier molecular flexibility index (Phi) is 3.66. The molecule has 3 nitrogen and oxygen atoms in total. The summed E-state index contributed by atoms with van der Waals surface area (Å²) in [6.45, 7) is 0.520. The molecule has 2 N–H and O–H groups in total. The summed E-state index contributed by atoms with van der Waals surface area (Å²) in [7, 11) is -2.86. The van der Waals surface area contributed by atoms with E-state index in [4.69, 9.17) is 5.73 Å². The Hall–Kier alpha value is -0.870. The maximum absolute atomic E-state index is 10.9. The van der Waals surface area contributed by atoms with E-state index in [0.29, 0.717) is 13.0 Å². The SMILES string of the molecule is CS(=O)(=O)CCc1ccc(CN)cc1. The van der Waals surface area contributed by atoms with E-state index >= 15 is 0 Å². The third-order valence-electron chi connectivity index (χ3n) is 2.02. The van der Waals surface area contributed by atoms with Gasteiger partial charge in [-0.05, 0) is 17.5 Å². The van der Waals surface area contributed by atoms with Crippen LogP contribution in [0.5, 0.6) is 0 Å². The first kappa shape index (κ1) is 11.2. The standard InChI is InChI=1S/C10H15NO2S/c1-14(12,13)7-6-9-2-4-10(8-11)5-3-9/h2-5H,6-8,11H2,1H3. The molecular weight excluding hydrogens is 198 g/mol. The average Bonchev–Trinajstić information content (AvgIpc) is 2.14. The molecule has 0 aliphatic carbocycles. The molecule has 0 radical (unpaired) electrons. The van der Waals surface area contributed by atoms with Crippen LogP contribution in [0.1, 0.15) is 11.1 Å². The molecule has 0 saturated heterocycles. The first-order valence-electron chi connectivity index (χ1n) is 4.47. The summed E-state index contributed by atoms with van der Waals surface area (Å²) in [6.07, 6.45) is 1.82. The third kappa shape index (κ3) is 3.89. The maximum atomic E-state index is 10.9. The second kappa shape index (κ2) is 4.57. The molecule has 0 bridgehead atoms. The molecule has 0 atom stereocenters. The molecule has 14 heavy (non-hydrogen) atoms. The maximum Gasteiger partial charge on any atom is 0.147 e. The number of aryl methyl sites for hydroxylation is 1. The fraction of sp³-hybridized carbons (Fsp3) is 0.400. The van der Waals surface area contributed by atoms with Crippen molar-refractivity contribution in [3.05, 3.63) is 35.4 Å². The van der Waals surface area contributed by atoms with E-state index in [0.717, 1.165) is 11.1 Å². The van der Waals surface area contributed by atoms with Gasteiger partial charge in [-0.2, -0.15) is 0 Å². The van der Waals surface area contributed by atoms with Gasteiger partial charge in [-0.3, -0.25) is 0 Å². The molecule has 0 saturated carbocycles. The van der Waals surface area contributed by atoms with Crippen LogP contribution in [0.3, 0.4) is 0 Å². The number of nitrogens with two attached hydrogens (primary N) is 1. The van der Waals surface area contributed by atoms with E-state index in [2.05, 4.69) is 0 Å². The van der Waals surface area contributed by atoms with Crippen molar-refractivity contribution < 1.29 is 8.42 Å². The van der Waals surface area contributed by atoms with Crippen LogP contribution in [0.15, 0.2) is 24.3 Å². The largest absolute Gasteiger partial charge is 0.326 e. The molecule has 1 rings (SSSR count). The molecule has 1 aromatic rings. The second-order valence-electron chi connectivity index (χ2n) is 3.40. The van der Waals surface area contributed by atoms with Gasteiger partial charge in [-0.15, -0.1) is 0 Å². The van der Waals surface area contributed by atoms with Crippen molar-refractivity contribution in [3.8, 4) is 0 Å². The molecule has 1 aromatic carbocycles. The molecule has 0 fully saturated rings. The Morgan fingerprint density at radius 3 is 2.07 bits per heavy atom. The van der Waals surface area contributed by atoms with Crippen molar-refractivity contribution >= 4 is 9.84 Å². The minimum absolute atomic E-state index is 0.203. The van der Waals surface area contributed by atoms with Gasteiger partial charge < -0.3 is 5.73 Å². The van der Waals surface area contributed by atoms with Gasteiger partial charge in [0.25, 0.3) is 0 Å². The highest BCUT2D eigenvalue weighted by Gasteiger charge is 2.02. The molecule has 0 spiro atoms. The number of hydrogen-bond acceptors (Lipinski definition) is 3. The van der Waals surface area contributed by atoms with Gasteiger partial charge in [0.1, 0.15) is 9.84 Å². The molecule has 0 aromatic heterocycles. The topological polar surface area (TPSA) is 60.2 Å². The lowest BCUT2D eigenvalue weighted by atomic mass is 10.1. The molecule has 0 heterocycles. The lowest BCUT2D eigenvalue weighted by molar-refractivity contribution is 0.601. The molecule has 0 aliphatic heterocycles. The second-order valence-corrected chi connectivity index (χ2v) is 5.66. The van der Waals surface area contributed by atoms with Crippen LogP contribution in [0, 0.1) is 0 Å². The highest BCUT2D eigenvalue weighted by Crippen LogP contribution is 2.05. The van der Waals surface area contributed by atoms with Gasteiger partial charge in [-0.25, -0.2) is 8.42 Å². The van der Waals surface area contributed by atoms with Gasteiger partial charge in [-0.1, -0.05) is 24.3 Å². The summed E-state index contributed by atoms with van der Waals surface area (Å²) >= 11 is 0. The van der Waals surface area contributed by atoms with Crippen LogP contribution in [-0.2, 0) is 22.8 Å².